The zero-order valence-electron chi connectivity index (χ0n) is 8.32. The minimum absolute atomic E-state index is 0.0820. The van der Waals surface area contributed by atoms with Crippen LogP contribution in [0.25, 0.3) is 0 Å². The average molecular weight is 238 g/mol. The molecule has 0 aliphatic carbocycles. The highest BCUT2D eigenvalue weighted by Gasteiger charge is 2.30. The molecule has 0 saturated carbocycles. The van der Waals surface area contributed by atoms with Gasteiger partial charge in [0, 0.05) is 6.04 Å². The normalized spacial score (nSPS) is 11.9. The molecule has 0 saturated heterocycles. The molecule has 1 rings (SSSR count). The molecular weight excluding hydrogens is 227 g/mol. The highest BCUT2D eigenvalue weighted by Crippen LogP contribution is 2.33. The van der Waals surface area contributed by atoms with Crippen molar-refractivity contribution in [2.24, 2.45) is 0 Å². The standard InChI is InChI=1S/C10H11ClF3N/c1-6(2)15-9-4-3-7(5-8(9)11)10(12,13)14/h3-6,15H,1-2H3. The first-order valence-electron chi connectivity index (χ1n) is 4.44. The van der Waals surface area contributed by atoms with Crippen LogP contribution in [0.4, 0.5) is 18.9 Å². The summed E-state index contributed by atoms with van der Waals surface area (Å²) < 4.78 is 36.8. The van der Waals surface area contributed by atoms with Crippen LogP contribution in [0, 0.1) is 0 Å². The third-order valence-corrected chi connectivity index (χ3v) is 2.05. The molecule has 0 aliphatic heterocycles. The van der Waals surface area contributed by atoms with Gasteiger partial charge in [0.1, 0.15) is 0 Å². The Morgan fingerprint density at radius 3 is 2.27 bits per heavy atom. The van der Waals surface area contributed by atoms with E-state index in [0.717, 1.165) is 12.1 Å². The van der Waals surface area contributed by atoms with Crippen molar-refractivity contribution in [3.63, 3.8) is 0 Å². The summed E-state index contributed by atoms with van der Waals surface area (Å²) >= 11 is 5.72. The first kappa shape index (κ1) is 12.2. The minimum Gasteiger partial charge on any atom is -0.382 e. The summed E-state index contributed by atoms with van der Waals surface area (Å²) in [6.07, 6.45) is -4.35. The fourth-order valence-electron chi connectivity index (χ4n) is 1.12. The molecule has 0 atom stereocenters. The summed E-state index contributed by atoms with van der Waals surface area (Å²) in [4.78, 5) is 0. The molecule has 0 bridgehead atoms. The predicted molar refractivity (Wildman–Crippen MR) is 55.2 cm³/mol. The van der Waals surface area contributed by atoms with E-state index in [9.17, 15) is 13.2 Å². The molecule has 0 fully saturated rings. The molecule has 0 aromatic heterocycles. The maximum absolute atomic E-state index is 12.3. The van der Waals surface area contributed by atoms with Crippen LogP contribution in [0.3, 0.4) is 0 Å². The number of alkyl halides is 3. The van der Waals surface area contributed by atoms with Crippen LogP contribution in [0.15, 0.2) is 18.2 Å². The van der Waals surface area contributed by atoms with Gasteiger partial charge in [-0.15, -0.1) is 0 Å². The average Bonchev–Trinajstić information content (AvgIpc) is 2.05. The van der Waals surface area contributed by atoms with E-state index in [-0.39, 0.29) is 11.1 Å². The SMILES string of the molecule is CC(C)Nc1ccc(C(F)(F)F)cc1Cl. The summed E-state index contributed by atoms with van der Waals surface area (Å²) in [5, 5.41) is 3.03. The molecule has 15 heavy (non-hydrogen) atoms. The van der Waals surface area contributed by atoms with Gasteiger partial charge in [0.2, 0.25) is 0 Å². The zero-order chi connectivity index (χ0) is 11.6. The van der Waals surface area contributed by atoms with E-state index in [1.54, 1.807) is 0 Å². The Balaban J connectivity index is 2.98. The number of rotatable bonds is 2. The van der Waals surface area contributed by atoms with Crippen LogP contribution in [0.2, 0.25) is 5.02 Å². The van der Waals surface area contributed by atoms with Gasteiger partial charge in [0.15, 0.2) is 0 Å². The van der Waals surface area contributed by atoms with Crippen LogP contribution in [-0.2, 0) is 6.18 Å². The number of benzene rings is 1. The molecular formula is C10H11ClF3N. The molecule has 0 radical (unpaired) electrons. The van der Waals surface area contributed by atoms with E-state index < -0.39 is 11.7 Å². The molecule has 5 heteroatoms. The van der Waals surface area contributed by atoms with Gasteiger partial charge in [-0.25, -0.2) is 0 Å². The first-order valence-corrected chi connectivity index (χ1v) is 4.82. The Kier molecular flexibility index (Phi) is 3.50. The Morgan fingerprint density at radius 2 is 1.87 bits per heavy atom. The summed E-state index contributed by atoms with van der Waals surface area (Å²) in [6, 6.07) is 3.40. The van der Waals surface area contributed by atoms with Crippen LogP contribution < -0.4 is 5.32 Å². The molecule has 1 aromatic carbocycles. The van der Waals surface area contributed by atoms with Crippen molar-refractivity contribution < 1.29 is 13.2 Å². The minimum atomic E-state index is -4.35. The highest BCUT2D eigenvalue weighted by atomic mass is 35.5. The lowest BCUT2D eigenvalue weighted by Crippen LogP contribution is -2.11. The monoisotopic (exact) mass is 237 g/mol. The lowest BCUT2D eigenvalue weighted by Gasteiger charge is -2.13. The van der Waals surface area contributed by atoms with E-state index in [2.05, 4.69) is 5.32 Å². The molecule has 0 amide bonds. The Bertz CT molecular complexity index is 347. The van der Waals surface area contributed by atoms with Crippen molar-refractivity contribution in [3.8, 4) is 0 Å². The van der Waals surface area contributed by atoms with Crippen LogP contribution in [-0.4, -0.2) is 6.04 Å². The highest BCUT2D eigenvalue weighted by molar-refractivity contribution is 6.33. The van der Waals surface area contributed by atoms with E-state index >= 15 is 0 Å². The fraction of sp³-hybridized carbons (Fsp3) is 0.400. The van der Waals surface area contributed by atoms with Crippen LogP contribution in [0.5, 0.6) is 0 Å². The lowest BCUT2D eigenvalue weighted by atomic mass is 10.2. The molecule has 0 spiro atoms. The van der Waals surface area contributed by atoms with Gasteiger partial charge in [0.05, 0.1) is 16.3 Å². The Hall–Kier alpha value is -0.900. The third-order valence-electron chi connectivity index (χ3n) is 1.74. The van der Waals surface area contributed by atoms with Crippen molar-refractivity contribution in [1.29, 1.82) is 0 Å². The second-order valence-electron chi connectivity index (χ2n) is 3.49. The van der Waals surface area contributed by atoms with Gasteiger partial charge in [0.25, 0.3) is 0 Å². The predicted octanol–water partition coefficient (Wildman–Crippen LogP) is 4.18. The number of halogens is 4. The van der Waals surface area contributed by atoms with E-state index in [4.69, 9.17) is 11.6 Å². The third kappa shape index (κ3) is 3.30. The Labute approximate surface area is 91.2 Å². The van der Waals surface area contributed by atoms with Crippen molar-refractivity contribution in [2.45, 2.75) is 26.1 Å². The van der Waals surface area contributed by atoms with Gasteiger partial charge in [-0.05, 0) is 32.0 Å². The maximum atomic E-state index is 12.3. The quantitative estimate of drug-likeness (QED) is 0.814. The molecule has 1 aromatic rings. The zero-order valence-corrected chi connectivity index (χ0v) is 9.08. The summed E-state index contributed by atoms with van der Waals surface area (Å²) in [5.74, 6) is 0. The maximum Gasteiger partial charge on any atom is 0.416 e. The molecule has 1 nitrogen and oxygen atoms in total. The number of hydrogen-bond acceptors (Lipinski definition) is 1. The first-order chi connectivity index (χ1) is 6.80. The van der Waals surface area contributed by atoms with Crippen molar-refractivity contribution in [2.75, 3.05) is 5.32 Å². The number of anilines is 1. The summed E-state index contributed by atoms with van der Waals surface area (Å²) in [7, 11) is 0. The molecule has 0 aliphatic rings. The number of hydrogen-bond donors (Lipinski definition) is 1. The fourth-order valence-corrected chi connectivity index (χ4v) is 1.35. The van der Waals surface area contributed by atoms with E-state index in [1.807, 2.05) is 13.8 Å². The van der Waals surface area contributed by atoms with E-state index in [0.29, 0.717) is 5.69 Å². The van der Waals surface area contributed by atoms with Crippen molar-refractivity contribution >= 4 is 17.3 Å². The topological polar surface area (TPSA) is 12.0 Å². The van der Waals surface area contributed by atoms with Crippen LogP contribution in [0.1, 0.15) is 19.4 Å². The van der Waals surface area contributed by atoms with Gasteiger partial charge < -0.3 is 5.32 Å². The number of nitrogens with one attached hydrogen (secondary N) is 1. The molecule has 1 N–H and O–H groups in total. The summed E-state index contributed by atoms with van der Waals surface area (Å²) in [5.41, 5.74) is -0.221. The molecule has 0 unspecified atom stereocenters. The van der Waals surface area contributed by atoms with Crippen LogP contribution >= 0.6 is 11.6 Å². The van der Waals surface area contributed by atoms with Crippen molar-refractivity contribution in [3.05, 3.63) is 28.8 Å². The summed E-state index contributed by atoms with van der Waals surface area (Å²) in [6.45, 7) is 3.77. The second kappa shape index (κ2) is 4.31. The largest absolute Gasteiger partial charge is 0.416 e. The van der Waals surface area contributed by atoms with E-state index in [1.165, 1.54) is 6.07 Å². The second-order valence-corrected chi connectivity index (χ2v) is 3.90. The Morgan fingerprint density at radius 1 is 1.27 bits per heavy atom. The lowest BCUT2D eigenvalue weighted by molar-refractivity contribution is -0.137. The van der Waals surface area contributed by atoms with Gasteiger partial charge >= 0.3 is 6.18 Å². The van der Waals surface area contributed by atoms with Gasteiger partial charge in [-0.3, -0.25) is 0 Å². The van der Waals surface area contributed by atoms with Gasteiger partial charge in [-0.1, -0.05) is 11.6 Å². The van der Waals surface area contributed by atoms with Gasteiger partial charge in [-0.2, -0.15) is 13.2 Å². The van der Waals surface area contributed by atoms with Crippen molar-refractivity contribution in [1.82, 2.24) is 0 Å². The molecule has 0 heterocycles. The molecule has 84 valence electrons. The smallest absolute Gasteiger partial charge is 0.382 e.